The number of imide groups is 1. The van der Waals surface area contributed by atoms with Gasteiger partial charge in [-0.25, -0.2) is 0 Å². The lowest BCUT2D eigenvalue weighted by atomic mass is 9.58. The van der Waals surface area contributed by atoms with E-state index in [1.165, 1.54) is 44.1 Å². The Labute approximate surface area is 200 Å². The van der Waals surface area contributed by atoms with Gasteiger partial charge in [0.25, 0.3) is 5.91 Å². The van der Waals surface area contributed by atoms with Crippen LogP contribution in [0.2, 0.25) is 0 Å². The number of anilines is 1. The van der Waals surface area contributed by atoms with E-state index in [0.717, 1.165) is 24.3 Å². The van der Waals surface area contributed by atoms with Gasteiger partial charge < -0.3 is 5.32 Å². The minimum atomic E-state index is -0.644. The third-order valence-electron chi connectivity index (χ3n) is 9.39. The molecule has 2 saturated heterocycles. The number of hydrogen-bond acceptors (Lipinski definition) is 4. The van der Waals surface area contributed by atoms with E-state index in [4.69, 9.17) is 0 Å². The monoisotopic (exact) mass is 459 g/mol. The van der Waals surface area contributed by atoms with Gasteiger partial charge in [0.05, 0.1) is 5.69 Å². The minimum absolute atomic E-state index is 0.136. The Hall–Kier alpha value is -2.73. The average molecular weight is 460 g/mol. The maximum Gasteiger partial charge on any atom is 0.259 e. The highest BCUT2D eigenvalue weighted by Crippen LogP contribution is 2.54. The molecule has 34 heavy (non-hydrogen) atoms. The molecular formula is C28H33N3O3. The largest absolute Gasteiger partial charge is 0.317 e. The molecule has 0 radical (unpaired) electrons. The molecule has 5 aliphatic rings. The first-order valence-corrected chi connectivity index (χ1v) is 12.8. The van der Waals surface area contributed by atoms with E-state index < -0.39 is 6.04 Å². The van der Waals surface area contributed by atoms with Crippen LogP contribution in [0, 0.1) is 11.3 Å². The molecule has 3 heterocycles. The number of piperidine rings is 2. The lowest BCUT2D eigenvalue weighted by molar-refractivity contribution is -0.135. The summed E-state index contributed by atoms with van der Waals surface area (Å²) in [6.07, 6.45) is 14.4. The van der Waals surface area contributed by atoms with Crippen molar-refractivity contribution in [3.63, 3.8) is 0 Å². The molecule has 0 bridgehead atoms. The highest BCUT2D eigenvalue weighted by molar-refractivity contribution is 6.34. The fourth-order valence-electron chi connectivity index (χ4n) is 7.29. The van der Waals surface area contributed by atoms with Gasteiger partial charge in [-0.2, -0.15) is 0 Å². The molecule has 6 nitrogen and oxygen atoms in total. The number of nitrogens with one attached hydrogen (secondary N) is 2. The van der Waals surface area contributed by atoms with E-state index in [9.17, 15) is 14.4 Å². The van der Waals surface area contributed by atoms with Crippen LogP contribution in [0.4, 0.5) is 5.69 Å². The van der Waals surface area contributed by atoms with Crippen LogP contribution in [-0.4, -0.2) is 36.9 Å². The molecule has 1 aromatic carbocycles. The van der Waals surface area contributed by atoms with E-state index in [1.807, 2.05) is 18.2 Å². The predicted molar refractivity (Wildman–Crippen MR) is 131 cm³/mol. The summed E-state index contributed by atoms with van der Waals surface area (Å²) in [6, 6.07) is 5.52. The van der Waals surface area contributed by atoms with Crippen LogP contribution < -0.4 is 15.5 Å². The quantitative estimate of drug-likeness (QED) is 0.663. The summed E-state index contributed by atoms with van der Waals surface area (Å²) >= 11 is 0. The summed E-state index contributed by atoms with van der Waals surface area (Å²) in [5.41, 5.74) is 3.99. The predicted octanol–water partition coefficient (Wildman–Crippen LogP) is 3.61. The molecule has 3 amide bonds. The number of benzene rings is 1. The Bertz CT molecular complexity index is 1120. The third kappa shape index (κ3) is 3.22. The zero-order valence-corrected chi connectivity index (χ0v) is 19.9. The second-order valence-electron chi connectivity index (χ2n) is 11.1. The first-order chi connectivity index (χ1) is 16.4. The molecule has 3 aliphatic heterocycles. The van der Waals surface area contributed by atoms with Crippen molar-refractivity contribution in [3.8, 4) is 0 Å². The summed E-state index contributed by atoms with van der Waals surface area (Å²) in [5.74, 6) is -0.262. The topological polar surface area (TPSA) is 78.5 Å². The van der Waals surface area contributed by atoms with Gasteiger partial charge in [-0.1, -0.05) is 31.2 Å². The first kappa shape index (κ1) is 21.8. The van der Waals surface area contributed by atoms with Gasteiger partial charge in [-0.05, 0) is 87.1 Å². The Kier molecular flexibility index (Phi) is 5.07. The molecule has 0 aromatic heterocycles. The molecule has 6 heteroatoms. The van der Waals surface area contributed by atoms with Crippen molar-refractivity contribution >= 4 is 29.0 Å². The second kappa shape index (κ2) is 7.91. The van der Waals surface area contributed by atoms with Crippen LogP contribution in [0.3, 0.4) is 0 Å². The van der Waals surface area contributed by atoms with Crippen LogP contribution in [0.15, 0.2) is 36.4 Å². The van der Waals surface area contributed by atoms with Crippen molar-refractivity contribution in [1.29, 1.82) is 0 Å². The van der Waals surface area contributed by atoms with Crippen LogP contribution in [0.1, 0.15) is 69.4 Å². The number of amides is 3. The average Bonchev–Trinajstić information content (AvgIpc) is 3.00. The molecule has 1 saturated carbocycles. The normalized spacial score (nSPS) is 30.7. The highest BCUT2D eigenvalue weighted by Gasteiger charge is 2.48. The smallest absolute Gasteiger partial charge is 0.259 e. The molecule has 2 N–H and O–H groups in total. The molecule has 2 unspecified atom stereocenters. The van der Waals surface area contributed by atoms with Crippen LogP contribution >= 0.6 is 0 Å². The maximum atomic E-state index is 13.6. The molecule has 6 rings (SSSR count). The van der Waals surface area contributed by atoms with E-state index in [-0.39, 0.29) is 29.6 Å². The molecule has 2 aliphatic carbocycles. The van der Waals surface area contributed by atoms with Gasteiger partial charge in [-0.15, -0.1) is 0 Å². The Morgan fingerprint density at radius 2 is 1.76 bits per heavy atom. The second-order valence-corrected chi connectivity index (χ2v) is 11.1. The van der Waals surface area contributed by atoms with Gasteiger partial charge >= 0.3 is 0 Å². The number of nitrogens with zero attached hydrogens (tertiary/aromatic N) is 1. The van der Waals surface area contributed by atoms with E-state index >= 15 is 0 Å². The van der Waals surface area contributed by atoms with Gasteiger partial charge in [-0.3, -0.25) is 24.6 Å². The first-order valence-electron chi connectivity index (χ1n) is 12.8. The van der Waals surface area contributed by atoms with Gasteiger partial charge in [0.1, 0.15) is 6.04 Å². The number of carbonyl (C=O) groups excluding carboxylic acids is 3. The van der Waals surface area contributed by atoms with Crippen LogP contribution in [0.25, 0.3) is 5.57 Å². The van der Waals surface area contributed by atoms with Gasteiger partial charge in [0.2, 0.25) is 11.8 Å². The van der Waals surface area contributed by atoms with Crippen LogP contribution in [-0.2, 0) is 19.8 Å². The standard InChI is InChI=1S/C28H33N3O3/c1-27(18-9-12-28(13-10-18)14-16-29-17-15-28)11-3-4-19-24-20(27)5-2-6-21(24)31(26(19)34)22-7-8-23(32)30-25(22)33/h2-6,11,18,22,29H,7-10,12-17H2,1H3,(H,30,32,33). The fourth-order valence-corrected chi connectivity index (χ4v) is 7.29. The summed E-state index contributed by atoms with van der Waals surface area (Å²) in [6.45, 7) is 4.61. The number of allylic oxidation sites excluding steroid dienone is 3. The number of rotatable bonds is 2. The van der Waals surface area contributed by atoms with Crippen molar-refractivity contribution in [2.45, 2.75) is 69.7 Å². The van der Waals surface area contributed by atoms with Crippen molar-refractivity contribution < 1.29 is 14.4 Å². The lowest BCUT2D eigenvalue weighted by Gasteiger charge is -2.47. The number of carbonyl (C=O) groups is 3. The summed E-state index contributed by atoms with van der Waals surface area (Å²) in [7, 11) is 0. The van der Waals surface area contributed by atoms with Crippen molar-refractivity contribution in [2.24, 2.45) is 11.3 Å². The maximum absolute atomic E-state index is 13.6. The molecule has 3 fully saturated rings. The van der Waals surface area contributed by atoms with Crippen LogP contribution in [0.5, 0.6) is 0 Å². The molecule has 2 atom stereocenters. The molecule has 1 aromatic rings. The zero-order valence-electron chi connectivity index (χ0n) is 19.9. The third-order valence-corrected chi connectivity index (χ3v) is 9.39. The lowest BCUT2D eigenvalue weighted by Crippen LogP contribution is -2.53. The SMILES string of the molecule is CC1(C2CCC3(CCNCC3)CC2)C=CC=C2C(=O)N(C3CCC(=O)NC3=O)c3cccc1c32. The van der Waals surface area contributed by atoms with Gasteiger partial charge in [0, 0.05) is 23.0 Å². The molecule has 1 spiro atoms. The van der Waals surface area contributed by atoms with Gasteiger partial charge in [0.15, 0.2) is 0 Å². The van der Waals surface area contributed by atoms with E-state index in [1.54, 1.807) is 4.90 Å². The Balaban J connectivity index is 1.36. The number of hydrogen-bond donors (Lipinski definition) is 2. The van der Waals surface area contributed by atoms with Crippen molar-refractivity contribution in [2.75, 3.05) is 18.0 Å². The van der Waals surface area contributed by atoms with E-state index in [0.29, 0.717) is 23.3 Å². The summed E-state index contributed by atoms with van der Waals surface area (Å²) < 4.78 is 0. The molecule has 178 valence electrons. The fraction of sp³-hybridized carbons (Fsp3) is 0.536. The highest BCUT2D eigenvalue weighted by atomic mass is 16.2. The summed E-state index contributed by atoms with van der Waals surface area (Å²) in [5, 5.41) is 5.94. The van der Waals surface area contributed by atoms with Crippen molar-refractivity contribution in [3.05, 3.63) is 47.6 Å². The summed E-state index contributed by atoms with van der Waals surface area (Å²) in [4.78, 5) is 39.6. The zero-order chi connectivity index (χ0) is 23.5. The Morgan fingerprint density at radius 3 is 2.50 bits per heavy atom. The van der Waals surface area contributed by atoms with E-state index in [2.05, 4.69) is 35.8 Å². The molecular weight excluding hydrogens is 426 g/mol. The van der Waals surface area contributed by atoms with Crippen molar-refractivity contribution in [1.82, 2.24) is 10.6 Å². The Morgan fingerprint density at radius 1 is 1.00 bits per heavy atom. The minimum Gasteiger partial charge on any atom is -0.317 e.